The van der Waals surface area contributed by atoms with Crippen LogP contribution in [0.25, 0.3) is 0 Å². The number of halogens is 1. The van der Waals surface area contributed by atoms with Gasteiger partial charge >= 0.3 is 0 Å². The van der Waals surface area contributed by atoms with E-state index in [-0.39, 0.29) is 5.82 Å². The molecule has 0 aromatic heterocycles. The van der Waals surface area contributed by atoms with Gasteiger partial charge in [-0.1, -0.05) is 12.1 Å². The van der Waals surface area contributed by atoms with Crippen LogP contribution in [0.1, 0.15) is 18.9 Å². The van der Waals surface area contributed by atoms with Gasteiger partial charge < -0.3 is 10.2 Å². The number of aliphatic imine (C=N–C) groups is 1. The molecule has 0 atom stereocenters. The van der Waals surface area contributed by atoms with Gasteiger partial charge in [0.15, 0.2) is 5.96 Å². The molecule has 0 saturated carbocycles. The van der Waals surface area contributed by atoms with Crippen molar-refractivity contribution in [2.75, 3.05) is 32.1 Å². The summed E-state index contributed by atoms with van der Waals surface area (Å²) in [5.74, 6) is 1.80. The van der Waals surface area contributed by atoms with Gasteiger partial charge in [-0.25, -0.2) is 4.39 Å². The van der Waals surface area contributed by atoms with Crippen LogP contribution in [0.5, 0.6) is 0 Å². The summed E-state index contributed by atoms with van der Waals surface area (Å²) >= 11 is 1.83. The lowest BCUT2D eigenvalue weighted by Gasteiger charge is -2.22. The van der Waals surface area contributed by atoms with Crippen LogP contribution in [-0.2, 0) is 6.54 Å². The number of hydrogen-bond acceptors (Lipinski definition) is 2. The second-order valence-corrected chi connectivity index (χ2v) is 5.55. The minimum atomic E-state index is -0.196. The van der Waals surface area contributed by atoms with Crippen LogP contribution in [0, 0.1) is 5.82 Å². The Morgan fingerprint density at radius 2 is 2.25 bits per heavy atom. The minimum absolute atomic E-state index is 0.196. The van der Waals surface area contributed by atoms with Crippen LogP contribution >= 0.6 is 11.8 Å². The largest absolute Gasteiger partial charge is 0.357 e. The van der Waals surface area contributed by atoms with E-state index in [0.717, 1.165) is 36.8 Å². The van der Waals surface area contributed by atoms with Crippen LogP contribution in [0.2, 0.25) is 0 Å². The lowest BCUT2D eigenvalue weighted by Crippen LogP contribution is -2.38. The summed E-state index contributed by atoms with van der Waals surface area (Å²) in [5, 5.41) is 3.27. The third-order valence-electron chi connectivity index (χ3n) is 2.77. The van der Waals surface area contributed by atoms with Gasteiger partial charge in [-0.3, -0.25) is 4.99 Å². The normalized spacial score (nSPS) is 11.5. The smallest absolute Gasteiger partial charge is 0.193 e. The molecule has 5 heteroatoms. The van der Waals surface area contributed by atoms with E-state index in [4.69, 9.17) is 0 Å². The summed E-state index contributed by atoms with van der Waals surface area (Å²) in [6.45, 7) is 4.34. The van der Waals surface area contributed by atoms with Crippen molar-refractivity contribution in [2.45, 2.75) is 19.9 Å². The Bertz CT molecular complexity index is 423. The van der Waals surface area contributed by atoms with E-state index in [2.05, 4.69) is 16.6 Å². The van der Waals surface area contributed by atoms with Crippen molar-refractivity contribution >= 4 is 17.7 Å². The highest BCUT2D eigenvalue weighted by Gasteiger charge is 2.06. The van der Waals surface area contributed by atoms with E-state index < -0.39 is 0 Å². The Kier molecular flexibility index (Phi) is 8.11. The van der Waals surface area contributed by atoms with E-state index in [1.54, 1.807) is 12.1 Å². The monoisotopic (exact) mass is 297 g/mol. The van der Waals surface area contributed by atoms with E-state index in [9.17, 15) is 4.39 Å². The molecule has 0 saturated heterocycles. The Morgan fingerprint density at radius 1 is 1.45 bits per heavy atom. The van der Waals surface area contributed by atoms with Crippen LogP contribution in [0.3, 0.4) is 0 Å². The SMILES string of the molecule is CCNC(=NCCCSC)N(C)Cc1cccc(F)c1. The van der Waals surface area contributed by atoms with Gasteiger partial charge in [0.1, 0.15) is 5.82 Å². The van der Waals surface area contributed by atoms with Crippen molar-refractivity contribution in [3.05, 3.63) is 35.6 Å². The number of nitrogens with zero attached hydrogens (tertiary/aromatic N) is 2. The summed E-state index contributed by atoms with van der Waals surface area (Å²) in [6, 6.07) is 6.69. The maximum Gasteiger partial charge on any atom is 0.193 e. The highest BCUT2D eigenvalue weighted by Crippen LogP contribution is 2.06. The summed E-state index contributed by atoms with van der Waals surface area (Å²) in [4.78, 5) is 6.62. The lowest BCUT2D eigenvalue weighted by molar-refractivity contribution is 0.475. The maximum atomic E-state index is 13.2. The quantitative estimate of drug-likeness (QED) is 0.476. The standard InChI is InChI=1S/C15H24FN3S/c1-4-17-15(18-9-6-10-20-3)19(2)12-13-7-5-8-14(16)11-13/h5,7-8,11H,4,6,9-10,12H2,1-3H3,(H,17,18). The molecule has 0 aliphatic rings. The summed E-state index contributed by atoms with van der Waals surface area (Å²) in [7, 11) is 1.97. The van der Waals surface area contributed by atoms with Crippen molar-refractivity contribution < 1.29 is 4.39 Å². The topological polar surface area (TPSA) is 27.6 Å². The fraction of sp³-hybridized carbons (Fsp3) is 0.533. The first-order chi connectivity index (χ1) is 9.67. The zero-order chi connectivity index (χ0) is 14.8. The Morgan fingerprint density at radius 3 is 2.90 bits per heavy atom. The molecule has 0 radical (unpaired) electrons. The third kappa shape index (κ3) is 6.28. The zero-order valence-corrected chi connectivity index (χ0v) is 13.3. The molecule has 3 nitrogen and oxygen atoms in total. The second-order valence-electron chi connectivity index (χ2n) is 4.57. The average molecular weight is 297 g/mol. The predicted molar refractivity (Wildman–Crippen MR) is 86.8 cm³/mol. The molecule has 0 aliphatic carbocycles. The number of nitrogens with one attached hydrogen (secondary N) is 1. The van der Waals surface area contributed by atoms with Gasteiger partial charge in [-0.15, -0.1) is 0 Å². The molecule has 1 aromatic carbocycles. The van der Waals surface area contributed by atoms with E-state index >= 15 is 0 Å². The summed E-state index contributed by atoms with van der Waals surface area (Å²) in [5.41, 5.74) is 0.946. The highest BCUT2D eigenvalue weighted by atomic mass is 32.2. The molecule has 1 N–H and O–H groups in total. The van der Waals surface area contributed by atoms with Crippen molar-refractivity contribution in [1.82, 2.24) is 10.2 Å². The van der Waals surface area contributed by atoms with E-state index in [1.165, 1.54) is 6.07 Å². The molecule has 1 aromatic rings. The fourth-order valence-electron chi connectivity index (χ4n) is 1.85. The van der Waals surface area contributed by atoms with Crippen molar-refractivity contribution in [2.24, 2.45) is 4.99 Å². The average Bonchev–Trinajstić information content (AvgIpc) is 2.42. The van der Waals surface area contributed by atoms with E-state index in [1.807, 2.05) is 36.7 Å². The fourth-order valence-corrected chi connectivity index (χ4v) is 2.27. The predicted octanol–water partition coefficient (Wildman–Crippen LogP) is 2.98. The van der Waals surface area contributed by atoms with E-state index in [0.29, 0.717) is 6.54 Å². The van der Waals surface area contributed by atoms with Crippen LogP contribution < -0.4 is 5.32 Å². The highest BCUT2D eigenvalue weighted by molar-refractivity contribution is 7.98. The van der Waals surface area contributed by atoms with Gasteiger partial charge in [0.25, 0.3) is 0 Å². The van der Waals surface area contributed by atoms with Crippen molar-refractivity contribution in [3.8, 4) is 0 Å². The van der Waals surface area contributed by atoms with Crippen LogP contribution in [-0.4, -0.2) is 43.0 Å². The molecule has 0 unspecified atom stereocenters. The second kappa shape index (κ2) is 9.64. The number of hydrogen-bond donors (Lipinski definition) is 1. The molecule has 20 heavy (non-hydrogen) atoms. The molecular weight excluding hydrogens is 273 g/mol. The van der Waals surface area contributed by atoms with Gasteiger partial charge in [-0.05, 0) is 43.0 Å². The molecule has 0 spiro atoms. The maximum absolute atomic E-state index is 13.2. The number of thioether (sulfide) groups is 1. The Hall–Kier alpha value is -1.23. The number of benzene rings is 1. The first-order valence-electron chi connectivity index (χ1n) is 6.90. The molecule has 0 amide bonds. The summed E-state index contributed by atoms with van der Waals surface area (Å²) in [6.07, 6.45) is 3.18. The number of guanidine groups is 1. The molecule has 112 valence electrons. The Balaban J connectivity index is 2.61. The molecular formula is C15H24FN3S. The first-order valence-corrected chi connectivity index (χ1v) is 8.29. The molecule has 1 rings (SSSR count). The zero-order valence-electron chi connectivity index (χ0n) is 12.5. The van der Waals surface area contributed by atoms with Gasteiger partial charge in [-0.2, -0.15) is 11.8 Å². The van der Waals surface area contributed by atoms with Crippen molar-refractivity contribution in [1.29, 1.82) is 0 Å². The van der Waals surface area contributed by atoms with Crippen molar-refractivity contribution in [3.63, 3.8) is 0 Å². The molecule has 0 aliphatic heterocycles. The third-order valence-corrected chi connectivity index (χ3v) is 3.47. The molecule has 0 heterocycles. The van der Waals surface area contributed by atoms with Gasteiger partial charge in [0.2, 0.25) is 0 Å². The molecule has 0 fully saturated rings. The Labute approximate surface area is 125 Å². The first kappa shape index (κ1) is 16.8. The minimum Gasteiger partial charge on any atom is -0.357 e. The van der Waals surface area contributed by atoms with Crippen LogP contribution in [0.4, 0.5) is 4.39 Å². The van der Waals surface area contributed by atoms with Gasteiger partial charge in [0, 0.05) is 26.7 Å². The summed E-state index contributed by atoms with van der Waals surface area (Å²) < 4.78 is 13.2. The lowest BCUT2D eigenvalue weighted by atomic mass is 10.2. The number of rotatable bonds is 7. The van der Waals surface area contributed by atoms with Gasteiger partial charge in [0.05, 0.1) is 0 Å². The van der Waals surface area contributed by atoms with Crippen LogP contribution in [0.15, 0.2) is 29.3 Å². The molecule has 0 bridgehead atoms.